The smallest absolute Gasteiger partial charge is 0.240 e. The second-order valence-corrected chi connectivity index (χ2v) is 12.2. The standard InChI is InChI=1S/C32H38N4O4S/c1-4-5-6-7-8-9-10-15-31(38)36(41(3,39)40)26-19-16-24(17-20-26)34-32-27-13-11-12-14-29(27)35-30-22-25(33-23(2)37)18-21-28(30)32/h11-14,16-22H,4-10,15H2,1-3H3,(H,33,37)(H,34,35). The number of benzene rings is 3. The van der Waals surface area contributed by atoms with E-state index in [1.807, 2.05) is 42.5 Å². The van der Waals surface area contributed by atoms with Crippen LogP contribution in [0.3, 0.4) is 0 Å². The van der Waals surface area contributed by atoms with Gasteiger partial charge in [0.2, 0.25) is 21.8 Å². The van der Waals surface area contributed by atoms with Gasteiger partial charge in [-0.05, 0) is 55.0 Å². The van der Waals surface area contributed by atoms with E-state index in [0.717, 1.165) is 57.5 Å². The Morgan fingerprint density at radius 3 is 2.12 bits per heavy atom. The topological polar surface area (TPSA) is 108 Å². The molecule has 4 rings (SSSR count). The minimum atomic E-state index is -3.79. The Bertz CT molecular complexity index is 1640. The Morgan fingerprint density at radius 2 is 1.44 bits per heavy atom. The third-order valence-electron chi connectivity index (χ3n) is 6.93. The zero-order chi connectivity index (χ0) is 29.4. The minimum absolute atomic E-state index is 0.160. The number of pyridine rings is 1. The van der Waals surface area contributed by atoms with Gasteiger partial charge in [0.05, 0.1) is 28.7 Å². The Morgan fingerprint density at radius 1 is 0.805 bits per heavy atom. The molecule has 0 radical (unpaired) electrons. The number of carbonyl (C=O) groups excluding carboxylic acids is 2. The Labute approximate surface area is 242 Å². The van der Waals surface area contributed by atoms with Crippen LogP contribution in [0.4, 0.5) is 22.7 Å². The maximum Gasteiger partial charge on any atom is 0.240 e. The molecule has 216 valence electrons. The van der Waals surface area contributed by atoms with E-state index in [1.54, 1.807) is 24.3 Å². The average molecular weight is 575 g/mol. The van der Waals surface area contributed by atoms with Crippen LogP contribution in [0.15, 0.2) is 66.7 Å². The lowest BCUT2D eigenvalue weighted by molar-refractivity contribution is -0.117. The quantitative estimate of drug-likeness (QED) is 0.126. The van der Waals surface area contributed by atoms with Gasteiger partial charge in [0.15, 0.2) is 0 Å². The molecule has 0 aliphatic carbocycles. The molecule has 41 heavy (non-hydrogen) atoms. The molecule has 0 bridgehead atoms. The van der Waals surface area contributed by atoms with E-state index in [9.17, 15) is 18.0 Å². The van der Waals surface area contributed by atoms with Gasteiger partial charge in [-0.1, -0.05) is 63.6 Å². The summed E-state index contributed by atoms with van der Waals surface area (Å²) in [5, 5.41) is 8.05. The molecule has 0 aliphatic rings. The van der Waals surface area contributed by atoms with E-state index in [4.69, 9.17) is 4.98 Å². The van der Waals surface area contributed by atoms with E-state index in [1.165, 1.54) is 26.2 Å². The van der Waals surface area contributed by atoms with E-state index >= 15 is 0 Å². The summed E-state index contributed by atoms with van der Waals surface area (Å²) >= 11 is 0. The molecule has 4 aromatic rings. The fraction of sp³-hybridized carbons (Fsp3) is 0.344. The number of aromatic nitrogens is 1. The Balaban J connectivity index is 1.56. The summed E-state index contributed by atoms with van der Waals surface area (Å²) in [5.41, 5.74) is 4.04. The zero-order valence-corrected chi connectivity index (χ0v) is 24.8. The number of amides is 2. The van der Waals surface area contributed by atoms with Crippen LogP contribution >= 0.6 is 0 Å². The number of sulfonamides is 1. The molecule has 0 saturated heterocycles. The second kappa shape index (κ2) is 13.6. The van der Waals surface area contributed by atoms with Crippen LogP contribution in [0.25, 0.3) is 21.8 Å². The van der Waals surface area contributed by atoms with Gasteiger partial charge >= 0.3 is 0 Å². The molecule has 9 heteroatoms. The Hall–Kier alpha value is -3.98. The minimum Gasteiger partial charge on any atom is -0.354 e. The third kappa shape index (κ3) is 7.82. The van der Waals surface area contributed by atoms with E-state index < -0.39 is 15.9 Å². The number of fused-ring (bicyclic) bond motifs is 2. The van der Waals surface area contributed by atoms with Gasteiger partial charge in [0.1, 0.15) is 0 Å². The molecule has 0 aliphatic heterocycles. The average Bonchev–Trinajstić information content (AvgIpc) is 2.92. The molecule has 0 spiro atoms. The van der Waals surface area contributed by atoms with Gasteiger partial charge in [-0.2, -0.15) is 0 Å². The van der Waals surface area contributed by atoms with Crippen LogP contribution in [-0.2, 0) is 19.6 Å². The van der Waals surface area contributed by atoms with Gasteiger partial charge < -0.3 is 10.6 Å². The first-order valence-electron chi connectivity index (χ1n) is 14.2. The molecule has 1 heterocycles. The summed E-state index contributed by atoms with van der Waals surface area (Å²) in [7, 11) is -3.79. The monoisotopic (exact) mass is 574 g/mol. The van der Waals surface area contributed by atoms with Crippen LogP contribution in [0.2, 0.25) is 0 Å². The highest BCUT2D eigenvalue weighted by molar-refractivity contribution is 7.92. The molecule has 2 amide bonds. The molecule has 3 aromatic carbocycles. The maximum atomic E-state index is 13.0. The number of rotatable bonds is 13. The number of carbonyl (C=O) groups is 2. The largest absolute Gasteiger partial charge is 0.354 e. The Kier molecular flexibility index (Phi) is 9.94. The molecule has 0 atom stereocenters. The van der Waals surface area contributed by atoms with Crippen LogP contribution in [0.1, 0.15) is 65.2 Å². The molecular formula is C32H38N4O4S. The van der Waals surface area contributed by atoms with Crippen LogP contribution in [0.5, 0.6) is 0 Å². The van der Waals surface area contributed by atoms with Crippen molar-refractivity contribution in [2.24, 2.45) is 0 Å². The van der Waals surface area contributed by atoms with Crippen molar-refractivity contribution in [1.82, 2.24) is 4.98 Å². The van der Waals surface area contributed by atoms with Crippen LogP contribution in [-0.4, -0.2) is 31.5 Å². The fourth-order valence-electron chi connectivity index (χ4n) is 4.99. The summed E-state index contributed by atoms with van der Waals surface area (Å²) in [5.74, 6) is -0.574. The van der Waals surface area contributed by atoms with Crippen LogP contribution in [0, 0.1) is 0 Å². The highest BCUT2D eigenvalue weighted by Crippen LogP contribution is 2.35. The molecule has 8 nitrogen and oxygen atoms in total. The molecule has 0 fully saturated rings. The number of anilines is 4. The van der Waals surface area contributed by atoms with Gasteiger partial charge in [-0.25, -0.2) is 17.7 Å². The SMILES string of the molecule is CCCCCCCCCC(=O)N(c1ccc(Nc2c3ccccc3nc3cc(NC(C)=O)ccc23)cc1)S(C)(=O)=O. The summed E-state index contributed by atoms with van der Waals surface area (Å²) in [6.45, 7) is 3.64. The summed E-state index contributed by atoms with van der Waals surface area (Å²) in [6.07, 6.45) is 8.64. The van der Waals surface area contributed by atoms with Gasteiger partial charge in [0.25, 0.3) is 0 Å². The zero-order valence-electron chi connectivity index (χ0n) is 23.9. The fourth-order valence-corrected chi connectivity index (χ4v) is 5.95. The van der Waals surface area contributed by atoms with Crippen LogP contribution < -0.4 is 14.9 Å². The van der Waals surface area contributed by atoms with Crippen molar-refractivity contribution in [3.63, 3.8) is 0 Å². The van der Waals surface area contributed by atoms with Crippen molar-refractivity contribution in [2.75, 3.05) is 21.2 Å². The first-order valence-corrected chi connectivity index (χ1v) is 16.0. The van der Waals surface area contributed by atoms with E-state index in [0.29, 0.717) is 23.3 Å². The van der Waals surface area contributed by atoms with Gasteiger partial charge in [0, 0.05) is 35.5 Å². The van der Waals surface area contributed by atoms with Crippen molar-refractivity contribution in [1.29, 1.82) is 0 Å². The third-order valence-corrected chi connectivity index (χ3v) is 8.00. The summed E-state index contributed by atoms with van der Waals surface area (Å²) < 4.78 is 26.1. The lowest BCUT2D eigenvalue weighted by atomic mass is 10.1. The lowest BCUT2D eigenvalue weighted by Gasteiger charge is -2.21. The van der Waals surface area contributed by atoms with E-state index in [2.05, 4.69) is 17.6 Å². The van der Waals surface area contributed by atoms with Crippen molar-refractivity contribution in [3.8, 4) is 0 Å². The van der Waals surface area contributed by atoms with Crippen molar-refractivity contribution >= 4 is 66.4 Å². The second-order valence-electron chi connectivity index (χ2n) is 10.4. The van der Waals surface area contributed by atoms with Gasteiger partial charge in [-0.3, -0.25) is 9.59 Å². The summed E-state index contributed by atoms with van der Waals surface area (Å²) in [4.78, 5) is 29.3. The number of nitrogens with one attached hydrogen (secondary N) is 2. The molecular weight excluding hydrogens is 536 g/mol. The van der Waals surface area contributed by atoms with Crippen molar-refractivity contribution in [3.05, 3.63) is 66.7 Å². The van der Waals surface area contributed by atoms with E-state index in [-0.39, 0.29) is 12.3 Å². The van der Waals surface area contributed by atoms with Crippen molar-refractivity contribution < 1.29 is 18.0 Å². The number of hydrogen-bond acceptors (Lipinski definition) is 6. The highest BCUT2D eigenvalue weighted by atomic mass is 32.2. The molecule has 0 saturated carbocycles. The number of nitrogens with zero attached hydrogens (tertiary/aromatic N) is 2. The van der Waals surface area contributed by atoms with Gasteiger partial charge in [-0.15, -0.1) is 0 Å². The number of hydrogen-bond donors (Lipinski definition) is 2. The molecule has 1 aromatic heterocycles. The predicted octanol–water partition coefficient (Wildman–Crippen LogP) is 7.52. The first-order chi connectivity index (χ1) is 19.7. The number of para-hydroxylation sites is 1. The highest BCUT2D eigenvalue weighted by Gasteiger charge is 2.25. The van der Waals surface area contributed by atoms with Crippen molar-refractivity contribution in [2.45, 2.75) is 65.2 Å². The first kappa shape index (κ1) is 30.0. The number of unbranched alkanes of at least 4 members (excludes halogenated alkanes) is 6. The maximum absolute atomic E-state index is 13.0. The summed E-state index contributed by atoms with van der Waals surface area (Å²) in [6, 6.07) is 20.2. The molecule has 2 N–H and O–H groups in total. The normalized spacial score (nSPS) is 11.5. The molecule has 0 unspecified atom stereocenters. The lowest BCUT2D eigenvalue weighted by Crippen LogP contribution is -2.36. The predicted molar refractivity (Wildman–Crippen MR) is 168 cm³/mol.